The number of para-hydroxylation sites is 2. The average Bonchev–Trinajstić information content (AvgIpc) is 2.85. The van der Waals surface area contributed by atoms with Crippen LogP contribution >= 0.6 is 18.2 Å². The molecule has 9 heteroatoms. The fourth-order valence-electron chi connectivity index (χ4n) is 3.05. The number of amides is 1. The number of fused-ring (bicyclic) bond motifs is 1. The first-order valence-corrected chi connectivity index (χ1v) is 14.1. The molecule has 1 aromatic heterocycles. The molecule has 4 rings (SSSR count). The summed E-state index contributed by atoms with van der Waals surface area (Å²) in [7, 11) is 0. The molecular formula is C24H22N3O3PS2. The number of carbonyl (C=O) groups is 1. The van der Waals surface area contributed by atoms with E-state index in [0.29, 0.717) is 23.4 Å². The number of ether oxygens (including phenoxy) is 1. The van der Waals surface area contributed by atoms with Crippen LogP contribution in [-0.4, -0.2) is 23.2 Å². The highest BCUT2D eigenvalue weighted by molar-refractivity contribution is 8.16. The molecule has 4 aromatic rings. The molecule has 33 heavy (non-hydrogen) atoms. The molecule has 1 amide bonds. The van der Waals surface area contributed by atoms with E-state index >= 15 is 0 Å². The zero-order valence-electron chi connectivity index (χ0n) is 17.6. The molecule has 1 atom stereocenters. The summed E-state index contributed by atoms with van der Waals surface area (Å²) < 4.78 is 14.9. The fourth-order valence-corrected chi connectivity index (χ4v) is 6.93. The lowest BCUT2D eigenvalue weighted by Gasteiger charge is -2.24. The van der Waals surface area contributed by atoms with Crippen LogP contribution in [0.15, 0.2) is 97.2 Å². The molecule has 6 nitrogen and oxygen atoms in total. The van der Waals surface area contributed by atoms with Gasteiger partial charge in [-0.05, 0) is 36.1 Å². The maximum Gasteiger partial charge on any atom is 0.413 e. The highest BCUT2D eigenvalue weighted by Crippen LogP contribution is 2.45. The van der Waals surface area contributed by atoms with Crippen LogP contribution < -0.4 is 24.6 Å². The monoisotopic (exact) mass is 495 g/mol. The second kappa shape index (κ2) is 11.3. The zero-order valence-corrected chi connectivity index (χ0v) is 20.1. The molecule has 0 spiro atoms. The fraction of sp³-hybridized carbons (Fsp3) is 0.0833. The van der Waals surface area contributed by atoms with E-state index in [0.717, 1.165) is 16.4 Å². The standard InChI is InChI=1S/C24H22N3O3PS2/c28-24(29-22-15-7-9-19-10-8-16-25-23(19)22)26-18-33-27-17-31(32,21-13-5-2-6-14-21)30-20-11-3-1-4-12-20/h1-16,27H,17-18H2,(H,26,28). The number of benzene rings is 3. The predicted molar refractivity (Wildman–Crippen MR) is 139 cm³/mol. The molecule has 0 bridgehead atoms. The first-order valence-electron chi connectivity index (χ1n) is 10.2. The summed E-state index contributed by atoms with van der Waals surface area (Å²) in [5.41, 5.74) is 0.641. The Morgan fingerprint density at radius 1 is 0.939 bits per heavy atom. The summed E-state index contributed by atoms with van der Waals surface area (Å²) in [5, 5.41) is 4.61. The van der Waals surface area contributed by atoms with E-state index in [1.807, 2.05) is 84.9 Å². The predicted octanol–water partition coefficient (Wildman–Crippen LogP) is 5.28. The van der Waals surface area contributed by atoms with Crippen LogP contribution in [0.1, 0.15) is 0 Å². The summed E-state index contributed by atoms with van der Waals surface area (Å²) in [5.74, 6) is 1.45. The molecule has 3 aromatic carbocycles. The van der Waals surface area contributed by atoms with Crippen LogP contribution in [0.3, 0.4) is 0 Å². The Labute approximate surface area is 201 Å². The van der Waals surface area contributed by atoms with Crippen LogP contribution in [0.5, 0.6) is 11.5 Å². The van der Waals surface area contributed by atoms with Crippen molar-refractivity contribution in [2.45, 2.75) is 0 Å². The Bertz CT molecular complexity index is 1250. The molecule has 0 aliphatic carbocycles. The van der Waals surface area contributed by atoms with Crippen molar-refractivity contribution in [3.63, 3.8) is 0 Å². The number of rotatable bonds is 9. The van der Waals surface area contributed by atoms with Gasteiger partial charge in [-0.1, -0.05) is 78.7 Å². The molecule has 0 radical (unpaired) electrons. The smallest absolute Gasteiger partial charge is 0.413 e. The second-order valence-electron chi connectivity index (χ2n) is 6.90. The summed E-state index contributed by atoms with van der Waals surface area (Å²) in [6.07, 6.45) is -0.819. The van der Waals surface area contributed by atoms with Crippen molar-refractivity contribution < 1.29 is 14.1 Å². The van der Waals surface area contributed by atoms with Crippen molar-refractivity contribution in [2.75, 3.05) is 12.2 Å². The van der Waals surface area contributed by atoms with E-state index in [9.17, 15) is 4.79 Å². The SMILES string of the molecule is O=C(NCSNCP(=S)(Oc1ccccc1)c1ccccc1)Oc1cccc2cccnc12. The molecule has 0 aliphatic heterocycles. The quantitative estimate of drug-likeness (QED) is 0.142. The molecule has 168 valence electrons. The molecule has 1 heterocycles. The first kappa shape index (κ1) is 23.3. The van der Waals surface area contributed by atoms with E-state index in [2.05, 4.69) is 15.0 Å². The van der Waals surface area contributed by atoms with Gasteiger partial charge >= 0.3 is 6.09 Å². The third kappa shape index (κ3) is 6.33. The third-order valence-corrected chi connectivity index (χ3v) is 8.87. The first-order chi connectivity index (χ1) is 16.1. The number of nitrogens with zero attached hydrogens (tertiary/aromatic N) is 1. The minimum absolute atomic E-state index is 0.298. The van der Waals surface area contributed by atoms with Crippen molar-refractivity contribution in [3.8, 4) is 11.5 Å². The lowest BCUT2D eigenvalue weighted by Crippen LogP contribution is -2.28. The van der Waals surface area contributed by atoms with Crippen molar-refractivity contribution in [2.24, 2.45) is 0 Å². The molecular weight excluding hydrogens is 473 g/mol. The van der Waals surface area contributed by atoms with Gasteiger partial charge in [0.1, 0.15) is 11.3 Å². The Balaban J connectivity index is 1.30. The van der Waals surface area contributed by atoms with Gasteiger partial charge < -0.3 is 14.6 Å². The number of carbonyl (C=O) groups excluding carboxylic acids is 1. The Morgan fingerprint density at radius 3 is 2.45 bits per heavy atom. The molecule has 2 N–H and O–H groups in total. The number of hydrogen-bond acceptors (Lipinski definition) is 7. The third-order valence-electron chi connectivity index (χ3n) is 4.61. The van der Waals surface area contributed by atoms with Gasteiger partial charge in [0.2, 0.25) is 0 Å². The van der Waals surface area contributed by atoms with Crippen LogP contribution in [0.25, 0.3) is 10.9 Å². The second-order valence-corrected chi connectivity index (χ2v) is 11.9. The van der Waals surface area contributed by atoms with Crippen LogP contribution in [0.2, 0.25) is 0 Å². The topological polar surface area (TPSA) is 72.5 Å². The van der Waals surface area contributed by atoms with Crippen molar-refractivity contribution in [1.82, 2.24) is 15.0 Å². The maximum atomic E-state index is 12.2. The van der Waals surface area contributed by atoms with Gasteiger partial charge in [-0.15, -0.1) is 0 Å². The van der Waals surface area contributed by atoms with Gasteiger partial charge in [-0.25, -0.2) is 4.79 Å². The summed E-state index contributed by atoms with van der Waals surface area (Å²) in [6, 6.07) is 28.6. The average molecular weight is 496 g/mol. The van der Waals surface area contributed by atoms with Crippen LogP contribution in [0, 0.1) is 0 Å². The Kier molecular flexibility index (Phi) is 7.96. The van der Waals surface area contributed by atoms with Gasteiger partial charge in [0, 0.05) is 16.9 Å². The van der Waals surface area contributed by atoms with E-state index in [1.165, 1.54) is 11.9 Å². The summed E-state index contributed by atoms with van der Waals surface area (Å²) in [6.45, 7) is 0. The minimum atomic E-state index is -2.39. The van der Waals surface area contributed by atoms with E-state index in [1.54, 1.807) is 12.3 Å². The van der Waals surface area contributed by atoms with Gasteiger partial charge in [0.05, 0.1) is 12.2 Å². The number of hydrogen-bond donors (Lipinski definition) is 2. The Morgan fingerprint density at radius 2 is 1.67 bits per heavy atom. The van der Waals surface area contributed by atoms with Gasteiger partial charge in [-0.2, -0.15) is 0 Å². The largest absolute Gasteiger partial charge is 0.461 e. The van der Waals surface area contributed by atoms with Crippen LogP contribution in [-0.2, 0) is 11.8 Å². The van der Waals surface area contributed by atoms with Crippen molar-refractivity contribution >= 4 is 52.3 Å². The van der Waals surface area contributed by atoms with E-state index < -0.39 is 12.4 Å². The number of nitrogens with one attached hydrogen (secondary N) is 2. The van der Waals surface area contributed by atoms with Gasteiger partial charge in [0.15, 0.2) is 12.0 Å². The lowest BCUT2D eigenvalue weighted by molar-refractivity contribution is 0.203. The van der Waals surface area contributed by atoms with Crippen LogP contribution in [0.4, 0.5) is 4.79 Å². The molecule has 0 saturated heterocycles. The van der Waals surface area contributed by atoms with Gasteiger partial charge in [0.25, 0.3) is 0 Å². The summed E-state index contributed by atoms with van der Waals surface area (Å²) in [4.78, 5) is 16.5. The molecule has 1 unspecified atom stereocenters. The van der Waals surface area contributed by atoms with Crippen molar-refractivity contribution in [3.05, 3.63) is 97.2 Å². The van der Waals surface area contributed by atoms with E-state index in [4.69, 9.17) is 21.1 Å². The maximum absolute atomic E-state index is 12.2. The molecule has 0 aliphatic rings. The highest BCUT2D eigenvalue weighted by atomic mass is 32.4. The zero-order chi connectivity index (χ0) is 22.9. The Hall–Kier alpha value is -2.90. The molecule has 0 fully saturated rings. The summed E-state index contributed by atoms with van der Waals surface area (Å²) >= 11 is 7.31. The van der Waals surface area contributed by atoms with Crippen molar-refractivity contribution in [1.29, 1.82) is 0 Å². The van der Waals surface area contributed by atoms with E-state index in [-0.39, 0.29) is 0 Å². The van der Waals surface area contributed by atoms with Gasteiger partial charge in [-0.3, -0.25) is 9.71 Å². The lowest BCUT2D eigenvalue weighted by atomic mass is 10.2. The normalized spacial score (nSPS) is 12.6. The highest BCUT2D eigenvalue weighted by Gasteiger charge is 2.22. The number of pyridine rings is 1. The number of aromatic nitrogens is 1. The molecule has 0 saturated carbocycles. The minimum Gasteiger partial charge on any atom is -0.461 e.